The molecule has 0 radical (unpaired) electrons. The second-order valence-corrected chi connectivity index (χ2v) is 4.59. The van der Waals surface area contributed by atoms with Crippen LogP contribution in [0.25, 0.3) is 0 Å². The standard InChI is InChI=1S/C12H11BrN2O2/c13-11-5-9(6-12(16)17)1-2-10(11)7-15-4-3-14-8-15/h1-5,8H,6-7H2,(H,16,17). The Morgan fingerprint density at radius 2 is 2.29 bits per heavy atom. The highest BCUT2D eigenvalue weighted by Gasteiger charge is 2.05. The summed E-state index contributed by atoms with van der Waals surface area (Å²) in [4.78, 5) is 14.6. The highest BCUT2D eigenvalue weighted by molar-refractivity contribution is 9.10. The number of carbonyl (C=O) groups is 1. The van der Waals surface area contributed by atoms with Gasteiger partial charge in [0.15, 0.2) is 0 Å². The molecule has 0 bridgehead atoms. The quantitative estimate of drug-likeness (QED) is 0.941. The van der Waals surface area contributed by atoms with Crippen molar-refractivity contribution in [2.45, 2.75) is 13.0 Å². The van der Waals surface area contributed by atoms with E-state index in [0.29, 0.717) is 6.54 Å². The predicted molar refractivity (Wildman–Crippen MR) is 66.8 cm³/mol. The fourth-order valence-electron chi connectivity index (χ4n) is 1.58. The minimum atomic E-state index is -0.820. The van der Waals surface area contributed by atoms with Gasteiger partial charge in [0.05, 0.1) is 12.7 Å². The lowest BCUT2D eigenvalue weighted by Gasteiger charge is -2.07. The molecule has 0 aliphatic rings. The minimum Gasteiger partial charge on any atom is -0.481 e. The van der Waals surface area contributed by atoms with Crippen LogP contribution >= 0.6 is 15.9 Å². The summed E-state index contributed by atoms with van der Waals surface area (Å²) in [6.45, 7) is 0.716. The number of benzene rings is 1. The van der Waals surface area contributed by atoms with Gasteiger partial charge in [-0.05, 0) is 17.2 Å². The fourth-order valence-corrected chi connectivity index (χ4v) is 2.13. The molecule has 0 saturated heterocycles. The van der Waals surface area contributed by atoms with Crippen LogP contribution in [0.3, 0.4) is 0 Å². The first kappa shape index (κ1) is 11.9. The van der Waals surface area contributed by atoms with Gasteiger partial charge in [0.25, 0.3) is 0 Å². The van der Waals surface area contributed by atoms with E-state index in [-0.39, 0.29) is 6.42 Å². The molecule has 88 valence electrons. The van der Waals surface area contributed by atoms with Crippen LogP contribution in [0.2, 0.25) is 0 Å². The molecule has 5 heteroatoms. The summed E-state index contributed by atoms with van der Waals surface area (Å²) in [5.74, 6) is -0.820. The fraction of sp³-hybridized carbons (Fsp3) is 0.167. The summed E-state index contributed by atoms with van der Waals surface area (Å²) in [5, 5.41) is 8.71. The molecule has 1 aromatic carbocycles. The molecule has 4 nitrogen and oxygen atoms in total. The van der Waals surface area contributed by atoms with Crippen molar-refractivity contribution in [2.24, 2.45) is 0 Å². The zero-order chi connectivity index (χ0) is 12.3. The summed E-state index contributed by atoms with van der Waals surface area (Å²) in [7, 11) is 0. The minimum absolute atomic E-state index is 0.0456. The van der Waals surface area contributed by atoms with Crippen molar-refractivity contribution in [3.05, 3.63) is 52.5 Å². The van der Waals surface area contributed by atoms with Crippen LogP contribution in [-0.2, 0) is 17.8 Å². The van der Waals surface area contributed by atoms with E-state index in [1.807, 2.05) is 29.0 Å². The van der Waals surface area contributed by atoms with Crippen LogP contribution in [0.4, 0.5) is 0 Å². The summed E-state index contributed by atoms with van der Waals surface area (Å²) in [5.41, 5.74) is 1.89. The van der Waals surface area contributed by atoms with Gasteiger partial charge in [-0.15, -0.1) is 0 Å². The lowest BCUT2D eigenvalue weighted by atomic mass is 10.1. The molecule has 0 spiro atoms. The van der Waals surface area contributed by atoms with Gasteiger partial charge in [-0.3, -0.25) is 4.79 Å². The van der Waals surface area contributed by atoms with E-state index in [1.165, 1.54) is 0 Å². The highest BCUT2D eigenvalue weighted by atomic mass is 79.9. The Bertz CT molecular complexity index is 523. The van der Waals surface area contributed by atoms with E-state index in [0.717, 1.165) is 15.6 Å². The topological polar surface area (TPSA) is 55.1 Å². The van der Waals surface area contributed by atoms with Gasteiger partial charge in [-0.1, -0.05) is 28.1 Å². The second kappa shape index (κ2) is 5.14. The van der Waals surface area contributed by atoms with Crippen molar-refractivity contribution < 1.29 is 9.90 Å². The van der Waals surface area contributed by atoms with E-state index in [9.17, 15) is 4.79 Å². The number of hydrogen-bond acceptors (Lipinski definition) is 2. The molecule has 1 heterocycles. The molecule has 0 fully saturated rings. The SMILES string of the molecule is O=C(O)Cc1ccc(Cn2ccnc2)c(Br)c1. The molecule has 2 aromatic rings. The van der Waals surface area contributed by atoms with Crippen LogP contribution in [0.15, 0.2) is 41.4 Å². The van der Waals surface area contributed by atoms with Gasteiger partial charge in [0, 0.05) is 23.4 Å². The van der Waals surface area contributed by atoms with Gasteiger partial charge < -0.3 is 9.67 Å². The number of rotatable bonds is 4. The van der Waals surface area contributed by atoms with Crippen molar-refractivity contribution in [1.29, 1.82) is 0 Å². The third-order valence-electron chi connectivity index (χ3n) is 2.38. The van der Waals surface area contributed by atoms with Crippen LogP contribution < -0.4 is 0 Å². The first-order chi connectivity index (χ1) is 8.15. The largest absolute Gasteiger partial charge is 0.481 e. The van der Waals surface area contributed by atoms with E-state index in [4.69, 9.17) is 5.11 Å². The van der Waals surface area contributed by atoms with E-state index < -0.39 is 5.97 Å². The number of imidazole rings is 1. The highest BCUT2D eigenvalue weighted by Crippen LogP contribution is 2.20. The number of halogens is 1. The molecule has 2 rings (SSSR count). The molecule has 17 heavy (non-hydrogen) atoms. The van der Waals surface area contributed by atoms with Crippen molar-refractivity contribution in [3.8, 4) is 0 Å². The second-order valence-electron chi connectivity index (χ2n) is 3.73. The van der Waals surface area contributed by atoms with Crippen LogP contribution in [0.5, 0.6) is 0 Å². The number of hydrogen-bond donors (Lipinski definition) is 1. The maximum absolute atomic E-state index is 10.6. The average Bonchev–Trinajstić information content (AvgIpc) is 2.74. The summed E-state index contributed by atoms with van der Waals surface area (Å²) < 4.78 is 2.88. The third-order valence-corrected chi connectivity index (χ3v) is 3.12. The van der Waals surface area contributed by atoms with E-state index in [2.05, 4.69) is 20.9 Å². The van der Waals surface area contributed by atoms with Gasteiger partial charge in [0.1, 0.15) is 0 Å². The first-order valence-corrected chi connectivity index (χ1v) is 5.89. The monoisotopic (exact) mass is 294 g/mol. The van der Waals surface area contributed by atoms with Gasteiger partial charge in [0.2, 0.25) is 0 Å². The third kappa shape index (κ3) is 3.17. The first-order valence-electron chi connectivity index (χ1n) is 5.10. The zero-order valence-corrected chi connectivity index (χ0v) is 10.6. The van der Waals surface area contributed by atoms with Gasteiger partial charge >= 0.3 is 5.97 Å². The maximum Gasteiger partial charge on any atom is 0.307 e. The molecule has 0 amide bonds. The van der Waals surface area contributed by atoms with Gasteiger partial charge in [-0.25, -0.2) is 4.98 Å². The molecule has 0 unspecified atom stereocenters. The van der Waals surface area contributed by atoms with Crippen LogP contribution in [0, 0.1) is 0 Å². The average molecular weight is 295 g/mol. The van der Waals surface area contributed by atoms with Crippen molar-refractivity contribution >= 4 is 21.9 Å². The lowest BCUT2D eigenvalue weighted by molar-refractivity contribution is -0.136. The summed E-state index contributed by atoms with van der Waals surface area (Å²) in [6, 6.07) is 5.62. The Hall–Kier alpha value is -1.62. The molecule has 0 aliphatic carbocycles. The summed E-state index contributed by atoms with van der Waals surface area (Å²) >= 11 is 3.46. The maximum atomic E-state index is 10.6. The molecule has 0 aliphatic heterocycles. The molecule has 0 saturated carbocycles. The number of carboxylic acid groups (broad SMARTS) is 1. The van der Waals surface area contributed by atoms with Crippen molar-refractivity contribution in [3.63, 3.8) is 0 Å². The Labute approximate surface area is 107 Å². The Kier molecular flexibility index (Phi) is 3.58. The molecule has 0 atom stereocenters. The smallest absolute Gasteiger partial charge is 0.307 e. The van der Waals surface area contributed by atoms with Gasteiger partial charge in [-0.2, -0.15) is 0 Å². The normalized spacial score (nSPS) is 10.4. The van der Waals surface area contributed by atoms with Crippen LogP contribution in [-0.4, -0.2) is 20.6 Å². The van der Waals surface area contributed by atoms with Crippen LogP contribution in [0.1, 0.15) is 11.1 Å². The Morgan fingerprint density at radius 3 is 2.88 bits per heavy atom. The van der Waals surface area contributed by atoms with E-state index >= 15 is 0 Å². The van der Waals surface area contributed by atoms with Crippen molar-refractivity contribution in [2.75, 3.05) is 0 Å². The summed E-state index contributed by atoms with van der Waals surface area (Å²) in [6.07, 6.45) is 5.41. The zero-order valence-electron chi connectivity index (χ0n) is 9.01. The molecular formula is C12H11BrN2O2. The molecule has 1 aromatic heterocycles. The number of carboxylic acids is 1. The number of aliphatic carboxylic acids is 1. The number of aromatic nitrogens is 2. The van der Waals surface area contributed by atoms with Crippen molar-refractivity contribution in [1.82, 2.24) is 9.55 Å². The molecular weight excluding hydrogens is 284 g/mol. The predicted octanol–water partition coefficient (Wildman–Crippen LogP) is 2.32. The number of nitrogens with zero attached hydrogens (tertiary/aromatic N) is 2. The Morgan fingerprint density at radius 1 is 1.47 bits per heavy atom. The lowest BCUT2D eigenvalue weighted by Crippen LogP contribution is -2.02. The molecule has 1 N–H and O–H groups in total. The Balaban J connectivity index is 2.17. The van der Waals surface area contributed by atoms with E-state index in [1.54, 1.807) is 12.5 Å².